The molecule has 0 aliphatic rings. The van der Waals surface area contributed by atoms with Crippen molar-refractivity contribution in [2.45, 2.75) is 33.2 Å². The predicted molar refractivity (Wildman–Crippen MR) is 47.6 cm³/mol. The number of aromatic nitrogens is 3. The van der Waals surface area contributed by atoms with E-state index in [1.165, 1.54) is 0 Å². The summed E-state index contributed by atoms with van der Waals surface area (Å²) >= 11 is 0. The Labute approximate surface area is 72.8 Å². The Morgan fingerprint density at radius 3 is 2.67 bits per heavy atom. The molecule has 0 saturated carbocycles. The molecule has 0 fully saturated rings. The first-order valence-electron chi connectivity index (χ1n) is 4.17. The van der Waals surface area contributed by atoms with Gasteiger partial charge >= 0.3 is 0 Å². The van der Waals surface area contributed by atoms with Gasteiger partial charge in [0.1, 0.15) is 12.4 Å². The van der Waals surface area contributed by atoms with Gasteiger partial charge in [-0.15, -0.1) is 6.42 Å². The highest BCUT2D eigenvalue weighted by Gasteiger charge is 2.04. The molecule has 1 aromatic rings. The Bertz CT molecular complexity index is 293. The quantitative estimate of drug-likeness (QED) is 0.623. The molecule has 3 nitrogen and oxygen atoms in total. The number of hydrogen-bond donors (Lipinski definition) is 0. The van der Waals surface area contributed by atoms with E-state index < -0.39 is 0 Å². The van der Waals surface area contributed by atoms with Gasteiger partial charge in [-0.1, -0.05) is 19.8 Å². The lowest BCUT2D eigenvalue weighted by Gasteiger charge is -1.96. The maximum absolute atomic E-state index is 5.20. The van der Waals surface area contributed by atoms with Crippen LogP contribution in [-0.2, 0) is 19.4 Å². The summed E-state index contributed by atoms with van der Waals surface area (Å²) in [7, 11) is 0. The normalized spacial score (nSPS) is 9.75. The SMILES string of the molecule is C#CCn1nc(CC)nc1CC. The van der Waals surface area contributed by atoms with Gasteiger partial charge in [0.05, 0.1) is 0 Å². The Balaban J connectivity index is 2.93. The first-order valence-corrected chi connectivity index (χ1v) is 4.17. The number of aryl methyl sites for hydroxylation is 2. The van der Waals surface area contributed by atoms with Crippen LogP contribution in [0.25, 0.3) is 0 Å². The van der Waals surface area contributed by atoms with E-state index in [4.69, 9.17) is 6.42 Å². The predicted octanol–water partition coefficient (Wildman–Crippen LogP) is 1.04. The molecule has 1 rings (SSSR count). The molecule has 0 atom stereocenters. The fraction of sp³-hybridized carbons (Fsp3) is 0.556. The van der Waals surface area contributed by atoms with Crippen molar-refractivity contribution in [2.75, 3.05) is 0 Å². The largest absolute Gasteiger partial charge is 0.238 e. The van der Waals surface area contributed by atoms with E-state index in [0.29, 0.717) is 6.54 Å². The van der Waals surface area contributed by atoms with Crippen molar-refractivity contribution in [2.24, 2.45) is 0 Å². The lowest BCUT2D eigenvalue weighted by molar-refractivity contribution is 0.660. The Morgan fingerprint density at radius 1 is 1.42 bits per heavy atom. The third-order valence-corrected chi connectivity index (χ3v) is 1.67. The van der Waals surface area contributed by atoms with Crippen LogP contribution in [0.15, 0.2) is 0 Å². The maximum atomic E-state index is 5.20. The average molecular weight is 163 g/mol. The van der Waals surface area contributed by atoms with Crippen molar-refractivity contribution >= 4 is 0 Å². The van der Waals surface area contributed by atoms with Crippen LogP contribution in [0.5, 0.6) is 0 Å². The Hall–Kier alpha value is -1.30. The molecule has 1 aromatic heterocycles. The monoisotopic (exact) mass is 163 g/mol. The van der Waals surface area contributed by atoms with E-state index in [9.17, 15) is 0 Å². The van der Waals surface area contributed by atoms with Crippen molar-refractivity contribution in [1.82, 2.24) is 14.8 Å². The lowest BCUT2D eigenvalue weighted by Crippen LogP contribution is -2.03. The summed E-state index contributed by atoms with van der Waals surface area (Å²) in [5.74, 6) is 4.41. The Kier molecular flexibility index (Phi) is 2.87. The first kappa shape index (κ1) is 8.79. The highest BCUT2D eigenvalue weighted by Crippen LogP contribution is 1.99. The number of nitrogens with zero attached hydrogens (tertiary/aromatic N) is 3. The number of terminal acetylenes is 1. The summed E-state index contributed by atoms with van der Waals surface area (Å²) < 4.78 is 1.79. The summed E-state index contributed by atoms with van der Waals surface area (Å²) in [4.78, 5) is 4.32. The third kappa shape index (κ3) is 1.65. The molecule has 0 N–H and O–H groups in total. The van der Waals surface area contributed by atoms with Crippen molar-refractivity contribution < 1.29 is 0 Å². The fourth-order valence-electron chi connectivity index (χ4n) is 1.05. The van der Waals surface area contributed by atoms with Gasteiger partial charge in [-0.2, -0.15) is 5.10 Å². The van der Waals surface area contributed by atoms with Gasteiger partial charge in [-0.3, -0.25) is 0 Å². The third-order valence-electron chi connectivity index (χ3n) is 1.67. The topological polar surface area (TPSA) is 30.7 Å². The van der Waals surface area contributed by atoms with Crippen molar-refractivity contribution in [3.8, 4) is 12.3 Å². The van der Waals surface area contributed by atoms with Crippen LogP contribution < -0.4 is 0 Å². The molecule has 1 heterocycles. The molecule has 64 valence electrons. The van der Waals surface area contributed by atoms with Gasteiger partial charge in [0.25, 0.3) is 0 Å². The zero-order valence-corrected chi connectivity index (χ0v) is 7.54. The molecule has 0 amide bonds. The van der Waals surface area contributed by atoms with Crippen LogP contribution in [0.4, 0.5) is 0 Å². The molecular formula is C9H13N3. The van der Waals surface area contributed by atoms with E-state index >= 15 is 0 Å². The van der Waals surface area contributed by atoms with E-state index in [0.717, 1.165) is 24.5 Å². The van der Waals surface area contributed by atoms with Crippen LogP contribution in [0.2, 0.25) is 0 Å². The summed E-state index contributed by atoms with van der Waals surface area (Å²) in [6.07, 6.45) is 6.95. The molecule has 12 heavy (non-hydrogen) atoms. The van der Waals surface area contributed by atoms with Crippen LogP contribution in [-0.4, -0.2) is 14.8 Å². The molecule has 0 aliphatic heterocycles. The van der Waals surface area contributed by atoms with Gasteiger partial charge in [-0.25, -0.2) is 9.67 Å². The van der Waals surface area contributed by atoms with E-state index in [2.05, 4.69) is 22.9 Å². The minimum absolute atomic E-state index is 0.524. The first-order chi connectivity index (χ1) is 5.81. The van der Waals surface area contributed by atoms with Crippen molar-refractivity contribution in [3.05, 3.63) is 11.6 Å². The van der Waals surface area contributed by atoms with Crippen molar-refractivity contribution in [1.29, 1.82) is 0 Å². The smallest absolute Gasteiger partial charge is 0.150 e. The minimum Gasteiger partial charge on any atom is -0.238 e. The molecule has 0 radical (unpaired) electrons. The second-order valence-electron chi connectivity index (χ2n) is 2.51. The van der Waals surface area contributed by atoms with Gasteiger partial charge in [0.2, 0.25) is 0 Å². The summed E-state index contributed by atoms with van der Waals surface area (Å²) in [5.41, 5.74) is 0. The minimum atomic E-state index is 0.524. The molecule has 0 bridgehead atoms. The molecule has 0 spiro atoms. The van der Waals surface area contributed by atoms with Crippen LogP contribution >= 0.6 is 0 Å². The van der Waals surface area contributed by atoms with Gasteiger partial charge in [0.15, 0.2) is 5.82 Å². The summed E-state index contributed by atoms with van der Waals surface area (Å²) in [6, 6.07) is 0. The van der Waals surface area contributed by atoms with Gasteiger partial charge in [0, 0.05) is 12.8 Å². The van der Waals surface area contributed by atoms with Gasteiger partial charge in [-0.05, 0) is 0 Å². The Morgan fingerprint density at radius 2 is 2.17 bits per heavy atom. The lowest BCUT2D eigenvalue weighted by atomic mass is 10.4. The van der Waals surface area contributed by atoms with Crippen LogP contribution in [0.3, 0.4) is 0 Å². The van der Waals surface area contributed by atoms with E-state index in [1.54, 1.807) is 4.68 Å². The number of rotatable bonds is 3. The molecular weight excluding hydrogens is 150 g/mol. The fourth-order valence-corrected chi connectivity index (χ4v) is 1.05. The van der Waals surface area contributed by atoms with Gasteiger partial charge < -0.3 is 0 Å². The summed E-state index contributed by atoms with van der Waals surface area (Å²) in [6.45, 7) is 4.61. The second-order valence-corrected chi connectivity index (χ2v) is 2.51. The molecule has 0 aliphatic carbocycles. The zero-order valence-electron chi connectivity index (χ0n) is 7.54. The maximum Gasteiger partial charge on any atom is 0.150 e. The van der Waals surface area contributed by atoms with E-state index in [1.807, 2.05) is 6.92 Å². The van der Waals surface area contributed by atoms with Crippen molar-refractivity contribution in [3.63, 3.8) is 0 Å². The molecule has 3 heteroatoms. The number of hydrogen-bond acceptors (Lipinski definition) is 2. The highest BCUT2D eigenvalue weighted by molar-refractivity contribution is 4.96. The summed E-state index contributed by atoms with van der Waals surface area (Å²) in [5, 5.41) is 4.25. The van der Waals surface area contributed by atoms with E-state index in [-0.39, 0.29) is 0 Å². The van der Waals surface area contributed by atoms with Crippen LogP contribution in [0, 0.1) is 12.3 Å². The highest BCUT2D eigenvalue weighted by atomic mass is 15.3. The molecule has 0 unspecified atom stereocenters. The average Bonchev–Trinajstić information content (AvgIpc) is 2.48. The molecule has 0 saturated heterocycles. The molecule has 0 aromatic carbocycles. The second kappa shape index (κ2) is 3.91. The standard InChI is InChI=1S/C9H13N3/c1-4-7-12-9(6-3)10-8(5-2)11-12/h1H,5-7H2,2-3H3. The zero-order chi connectivity index (χ0) is 8.97. The van der Waals surface area contributed by atoms with Crippen LogP contribution in [0.1, 0.15) is 25.5 Å².